The topological polar surface area (TPSA) is 15.3 Å². The van der Waals surface area contributed by atoms with Crippen molar-refractivity contribution in [3.05, 3.63) is 34.3 Å². The molecule has 1 fully saturated rings. The van der Waals surface area contributed by atoms with Crippen LogP contribution in [0.15, 0.2) is 28.7 Å². The first-order chi connectivity index (χ1) is 9.56. The van der Waals surface area contributed by atoms with Gasteiger partial charge in [-0.3, -0.25) is 4.90 Å². The van der Waals surface area contributed by atoms with Gasteiger partial charge < -0.3 is 5.32 Å². The number of benzene rings is 1. The first-order valence-electron chi connectivity index (χ1n) is 7.79. The number of nitrogens with zero attached hydrogens (tertiary/aromatic N) is 1. The van der Waals surface area contributed by atoms with E-state index in [-0.39, 0.29) is 0 Å². The largest absolute Gasteiger partial charge is 0.313 e. The molecule has 0 radical (unpaired) electrons. The van der Waals surface area contributed by atoms with Crippen molar-refractivity contribution < 1.29 is 0 Å². The predicted molar refractivity (Wildman–Crippen MR) is 90.0 cm³/mol. The second kappa shape index (κ2) is 7.58. The molecule has 1 aromatic carbocycles. The second-order valence-corrected chi connectivity index (χ2v) is 7.29. The van der Waals surface area contributed by atoms with Crippen LogP contribution in [0.1, 0.15) is 45.2 Å². The van der Waals surface area contributed by atoms with Crippen LogP contribution in [0, 0.1) is 5.92 Å². The van der Waals surface area contributed by atoms with E-state index < -0.39 is 0 Å². The maximum absolute atomic E-state index is 3.63. The van der Waals surface area contributed by atoms with Crippen molar-refractivity contribution in [2.75, 3.05) is 19.6 Å². The minimum atomic E-state index is 0.470. The van der Waals surface area contributed by atoms with Gasteiger partial charge in [0, 0.05) is 29.6 Å². The molecule has 0 amide bonds. The first kappa shape index (κ1) is 16.0. The summed E-state index contributed by atoms with van der Waals surface area (Å²) in [6.45, 7) is 10.5. The fraction of sp³-hybridized carbons (Fsp3) is 0.647. The van der Waals surface area contributed by atoms with Crippen molar-refractivity contribution >= 4 is 15.9 Å². The molecule has 1 aromatic rings. The van der Waals surface area contributed by atoms with Crippen molar-refractivity contribution in [3.8, 4) is 0 Å². The van der Waals surface area contributed by atoms with Crippen LogP contribution in [0.3, 0.4) is 0 Å². The number of rotatable bonds is 6. The van der Waals surface area contributed by atoms with Crippen LogP contribution >= 0.6 is 15.9 Å². The van der Waals surface area contributed by atoms with Crippen molar-refractivity contribution in [1.82, 2.24) is 10.2 Å². The maximum atomic E-state index is 3.63. The Morgan fingerprint density at radius 2 is 2.15 bits per heavy atom. The van der Waals surface area contributed by atoms with Crippen LogP contribution in [0.4, 0.5) is 0 Å². The Morgan fingerprint density at radius 1 is 1.35 bits per heavy atom. The third-order valence-corrected chi connectivity index (χ3v) is 4.59. The Labute approximate surface area is 132 Å². The molecule has 0 saturated carbocycles. The van der Waals surface area contributed by atoms with Gasteiger partial charge in [-0.25, -0.2) is 0 Å². The summed E-state index contributed by atoms with van der Waals surface area (Å²) in [6, 6.07) is 9.87. The summed E-state index contributed by atoms with van der Waals surface area (Å²) in [7, 11) is 0. The molecule has 0 aromatic heterocycles. The average molecular weight is 339 g/mol. The number of hydrogen-bond acceptors (Lipinski definition) is 2. The van der Waals surface area contributed by atoms with Gasteiger partial charge >= 0.3 is 0 Å². The molecule has 0 spiro atoms. The summed E-state index contributed by atoms with van der Waals surface area (Å²) in [5.74, 6) is 0.700. The van der Waals surface area contributed by atoms with Crippen molar-refractivity contribution in [2.45, 2.75) is 45.7 Å². The normalized spacial score (nSPS) is 20.8. The standard InChI is InChI=1S/C17H27BrN2/c1-13(2)11-20(12-17-8-5-9-19-17)14(3)15-6-4-7-16(18)10-15/h4,6-7,10,13-14,17,19H,5,8-9,11-12H2,1-3H3. The molecule has 2 atom stereocenters. The smallest absolute Gasteiger partial charge is 0.0321 e. The van der Waals surface area contributed by atoms with Crippen LogP contribution in [0.25, 0.3) is 0 Å². The third-order valence-electron chi connectivity index (χ3n) is 4.10. The highest BCUT2D eigenvalue weighted by Gasteiger charge is 2.23. The highest BCUT2D eigenvalue weighted by atomic mass is 79.9. The lowest BCUT2D eigenvalue weighted by atomic mass is 10.0. The lowest BCUT2D eigenvalue weighted by Crippen LogP contribution is -2.40. The van der Waals surface area contributed by atoms with E-state index in [4.69, 9.17) is 0 Å². The fourth-order valence-electron chi connectivity index (χ4n) is 3.03. The van der Waals surface area contributed by atoms with E-state index in [1.165, 1.54) is 29.4 Å². The maximum Gasteiger partial charge on any atom is 0.0321 e. The Kier molecular flexibility index (Phi) is 6.06. The Morgan fingerprint density at radius 3 is 2.75 bits per heavy atom. The van der Waals surface area contributed by atoms with Crippen molar-refractivity contribution in [3.63, 3.8) is 0 Å². The zero-order chi connectivity index (χ0) is 14.5. The summed E-state index contributed by atoms with van der Waals surface area (Å²) in [5, 5.41) is 3.63. The molecule has 1 aliphatic rings. The number of hydrogen-bond donors (Lipinski definition) is 1. The van der Waals surface area contributed by atoms with E-state index in [2.05, 4.69) is 71.2 Å². The third kappa shape index (κ3) is 4.57. The summed E-state index contributed by atoms with van der Waals surface area (Å²) >= 11 is 3.59. The van der Waals surface area contributed by atoms with Gasteiger partial charge in [0.25, 0.3) is 0 Å². The van der Waals surface area contributed by atoms with Gasteiger partial charge in [0.2, 0.25) is 0 Å². The average Bonchev–Trinajstić information content (AvgIpc) is 2.89. The first-order valence-corrected chi connectivity index (χ1v) is 8.58. The molecule has 1 heterocycles. The summed E-state index contributed by atoms with van der Waals surface area (Å²) in [5.41, 5.74) is 1.40. The monoisotopic (exact) mass is 338 g/mol. The second-order valence-electron chi connectivity index (χ2n) is 6.37. The van der Waals surface area contributed by atoms with Gasteiger partial charge in [-0.1, -0.05) is 41.9 Å². The molecular weight excluding hydrogens is 312 g/mol. The number of halogens is 1. The Balaban J connectivity index is 2.07. The van der Waals surface area contributed by atoms with E-state index in [9.17, 15) is 0 Å². The minimum Gasteiger partial charge on any atom is -0.313 e. The fourth-order valence-corrected chi connectivity index (χ4v) is 3.45. The lowest BCUT2D eigenvalue weighted by Gasteiger charge is -2.33. The molecule has 112 valence electrons. The van der Waals surface area contributed by atoms with Crippen LogP contribution in [0.2, 0.25) is 0 Å². The molecular formula is C17H27BrN2. The van der Waals surface area contributed by atoms with Gasteiger partial charge in [-0.05, 0) is 49.9 Å². The van der Waals surface area contributed by atoms with Gasteiger partial charge in [-0.2, -0.15) is 0 Å². The van der Waals surface area contributed by atoms with Gasteiger partial charge in [-0.15, -0.1) is 0 Å². The molecule has 0 bridgehead atoms. The predicted octanol–water partition coefficient (Wildman–Crippen LogP) is 4.22. The highest BCUT2D eigenvalue weighted by molar-refractivity contribution is 9.10. The molecule has 1 N–H and O–H groups in total. The minimum absolute atomic E-state index is 0.470. The van der Waals surface area contributed by atoms with Crippen LogP contribution in [0.5, 0.6) is 0 Å². The molecule has 2 nitrogen and oxygen atoms in total. The molecule has 2 rings (SSSR count). The molecule has 1 aliphatic heterocycles. The molecule has 0 aliphatic carbocycles. The number of nitrogens with one attached hydrogen (secondary N) is 1. The van der Waals surface area contributed by atoms with Gasteiger partial charge in [0.15, 0.2) is 0 Å². The SMILES string of the molecule is CC(C)CN(CC1CCCN1)C(C)c1cccc(Br)c1. The van der Waals surface area contributed by atoms with E-state index in [1.54, 1.807) is 0 Å². The summed E-state index contributed by atoms with van der Waals surface area (Å²) in [6.07, 6.45) is 2.64. The Bertz CT molecular complexity index is 413. The summed E-state index contributed by atoms with van der Waals surface area (Å²) < 4.78 is 1.17. The lowest BCUT2D eigenvalue weighted by molar-refractivity contribution is 0.171. The van der Waals surface area contributed by atoms with Crippen LogP contribution in [-0.2, 0) is 0 Å². The quantitative estimate of drug-likeness (QED) is 0.835. The molecule has 3 heteroatoms. The molecule has 20 heavy (non-hydrogen) atoms. The Hall–Kier alpha value is -0.380. The zero-order valence-electron chi connectivity index (χ0n) is 12.9. The van der Waals surface area contributed by atoms with Crippen LogP contribution < -0.4 is 5.32 Å². The molecule has 1 saturated heterocycles. The van der Waals surface area contributed by atoms with E-state index in [1.807, 2.05) is 0 Å². The van der Waals surface area contributed by atoms with Crippen molar-refractivity contribution in [1.29, 1.82) is 0 Å². The van der Waals surface area contributed by atoms with Gasteiger partial charge in [0.05, 0.1) is 0 Å². The van der Waals surface area contributed by atoms with Gasteiger partial charge in [0.1, 0.15) is 0 Å². The van der Waals surface area contributed by atoms with E-state index in [0.29, 0.717) is 18.0 Å². The van der Waals surface area contributed by atoms with E-state index in [0.717, 1.165) is 13.1 Å². The summed E-state index contributed by atoms with van der Waals surface area (Å²) in [4.78, 5) is 2.63. The molecule has 2 unspecified atom stereocenters. The van der Waals surface area contributed by atoms with Crippen LogP contribution in [-0.4, -0.2) is 30.6 Å². The van der Waals surface area contributed by atoms with Crippen molar-refractivity contribution in [2.24, 2.45) is 5.92 Å². The zero-order valence-corrected chi connectivity index (χ0v) is 14.5. The highest BCUT2D eigenvalue weighted by Crippen LogP contribution is 2.25. The van der Waals surface area contributed by atoms with E-state index >= 15 is 0 Å².